The molecule has 7 heteroatoms. The first-order valence-corrected chi connectivity index (χ1v) is 11.8. The number of hydrogen-bond acceptors (Lipinski definition) is 4. The van der Waals surface area contributed by atoms with Gasteiger partial charge in [-0.25, -0.2) is 4.79 Å². The number of para-hydroxylation sites is 1. The molecule has 1 aliphatic rings. The molecule has 34 heavy (non-hydrogen) atoms. The Bertz CT molecular complexity index is 1230. The molecule has 1 aliphatic carbocycles. The van der Waals surface area contributed by atoms with E-state index in [2.05, 4.69) is 27.2 Å². The highest BCUT2D eigenvalue weighted by Crippen LogP contribution is 2.23. The zero-order chi connectivity index (χ0) is 23.2. The van der Waals surface area contributed by atoms with E-state index in [1.165, 1.54) is 25.7 Å². The Morgan fingerprint density at radius 2 is 1.62 bits per heavy atom. The standard InChI is InChI=1S/C27H29N5O2/c33-27(29-22-12-14-25(15-13-22)34-24-8-2-1-3-9-24)30-23-11-10-20-19-32(31-26(20)18-23)17-16-28-21-6-4-5-7-21/h1-3,8-15,18-19,21,28H,4-7,16-17H2,(H2,29,30,33). The monoisotopic (exact) mass is 455 g/mol. The van der Waals surface area contributed by atoms with Crippen molar-refractivity contribution < 1.29 is 9.53 Å². The molecule has 3 aromatic carbocycles. The van der Waals surface area contributed by atoms with E-state index in [1.807, 2.05) is 77.5 Å². The van der Waals surface area contributed by atoms with Crippen LogP contribution in [0.3, 0.4) is 0 Å². The molecule has 0 saturated heterocycles. The van der Waals surface area contributed by atoms with Crippen molar-refractivity contribution in [3.63, 3.8) is 0 Å². The second-order valence-electron chi connectivity index (χ2n) is 8.62. The molecule has 0 unspecified atom stereocenters. The Kier molecular flexibility index (Phi) is 6.72. The van der Waals surface area contributed by atoms with Gasteiger partial charge >= 0.3 is 6.03 Å². The summed E-state index contributed by atoms with van der Waals surface area (Å²) in [6.45, 7) is 1.75. The van der Waals surface area contributed by atoms with Crippen molar-refractivity contribution in [2.75, 3.05) is 17.2 Å². The summed E-state index contributed by atoms with van der Waals surface area (Å²) in [5, 5.41) is 15.1. The summed E-state index contributed by atoms with van der Waals surface area (Å²) < 4.78 is 7.75. The Labute approximate surface area is 199 Å². The zero-order valence-corrected chi connectivity index (χ0v) is 19.0. The molecule has 174 valence electrons. The number of anilines is 2. The fraction of sp³-hybridized carbons (Fsp3) is 0.259. The molecule has 0 aliphatic heterocycles. The van der Waals surface area contributed by atoms with Gasteiger partial charge in [-0.1, -0.05) is 31.0 Å². The average molecular weight is 456 g/mol. The highest BCUT2D eigenvalue weighted by atomic mass is 16.5. The second kappa shape index (κ2) is 10.4. The molecule has 0 spiro atoms. The number of carbonyl (C=O) groups excluding carboxylic acids is 1. The number of urea groups is 1. The van der Waals surface area contributed by atoms with Crippen LogP contribution in [0.25, 0.3) is 10.9 Å². The van der Waals surface area contributed by atoms with Crippen LogP contribution in [0.2, 0.25) is 0 Å². The van der Waals surface area contributed by atoms with Crippen LogP contribution < -0.4 is 20.7 Å². The van der Waals surface area contributed by atoms with Crippen molar-refractivity contribution in [2.24, 2.45) is 0 Å². The zero-order valence-electron chi connectivity index (χ0n) is 19.0. The van der Waals surface area contributed by atoms with E-state index >= 15 is 0 Å². The van der Waals surface area contributed by atoms with Crippen LogP contribution in [-0.4, -0.2) is 28.4 Å². The maximum Gasteiger partial charge on any atom is 0.323 e. The molecular formula is C27H29N5O2. The molecule has 1 heterocycles. The molecule has 2 amide bonds. The van der Waals surface area contributed by atoms with Crippen molar-refractivity contribution in [2.45, 2.75) is 38.3 Å². The van der Waals surface area contributed by atoms with Crippen LogP contribution in [0, 0.1) is 0 Å². The lowest BCUT2D eigenvalue weighted by Gasteiger charge is -2.11. The van der Waals surface area contributed by atoms with Gasteiger partial charge in [0.25, 0.3) is 0 Å². The van der Waals surface area contributed by atoms with Gasteiger partial charge in [0.05, 0.1) is 12.1 Å². The summed E-state index contributed by atoms with van der Waals surface area (Å²) >= 11 is 0. The minimum Gasteiger partial charge on any atom is -0.457 e. The van der Waals surface area contributed by atoms with Crippen LogP contribution >= 0.6 is 0 Å². The molecule has 0 bridgehead atoms. The Balaban J connectivity index is 1.14. The van der Waals surface area contributed by atoms with E-state index in [0.29, 0.717) is 23.2 Å². The van der Waals surface area contributed by atoms with Gasteiger partial charge in [-0.3, -0.25) is 4.68 Å². The van der Waals surface area contributed by atoms with Crippen LogP contribution in [0.15, 0.2) is 79.0 Å². The highest BCUT2D eigenvalue weighted by Gasteiger charge is 2.13. The molecule has 0 atom stereocenters. The minimum atomic E-state index is -0.309. The third kappa shape index (κ3) is 5.74. The number of rotatable bonds is 8. The van der Waals surface area contributed by atoms with E-state index in [-0.39, 0.29) is 6.03 Å². The summed E-state index contributed by atoms with van der Waals surface area (Å²) in [4.78, 5) is 12.5. The van der Waals surface area contributed by atoms with Crippen LogP contribution in [-0.2, 0) is 6.54 Å². The van der Waals surface area contributed by atoms with Crippen molar-refractivity contribution in [3.05, 3.63) is 79.0 Å². The smallest absolute Gasteiger partial charge is 0.323 e. The number of aromatic nitrogens is 2. The van der Waals surface area contributed by atoms with Gasteiger partial charge in [-0.05, 0) is 67.4 Å². The molecule has 3 N–H and O–H groups in total. The predicted molar refractivity (Wildman–Crippen MR) is 136 cm³/mol. The maximum absolute atomic E-state index is 12.5. The first kappa shape index (κ1) is 22.0. The third-order valence-electron chi connectivity index (χ3n) is 6.03. The van der Waals surface area contributed by atoms with Gasteiger partial charge in [-0.2, -0.15) is 5.10 Å². The van der Waals surface area contributed by atoms with Crippen molar-refractivity contribution in [1.29, 1.82) is 0 Å². The molecular weight excluding hydrogens is 426 g/mol. The van der Waals surface area contributed by atoms with Gasteiger partial charge in [0.15, 0.2) is 0 Å². The minimum absolute atomic E-state index is 0.309. The lowest BCUT2D eigenvalue weighted by molar-refractivity contribution is 0.262. The summed E-state index contributed by atoms with van der Waals surface area (Å²) in [7, 11) is 0. The van der Waals surface area contributed by atoms with Crippen molar-refractivity contribution >= 4 is 28.3 Å². The number of amides is 2. The predicted octanol–water partition coefficient (Wildman–Crippen LogP) is 6.00. The Morgan fingerprint density at radius 1 is 0.912 bits per heavy atom. The lowest BCUT2D eigenvalue weighted by Crippen LogP contribution is -2.29. The third-order valence-corrected chi connectivity index (χ3v) is 6.03. The first-order valence-electron chi connectivity index (χ1n) is 11.8. The Morgan fingerprint density at radius 3 is 2.41 bits per heavy atom. The lowest BCUT2D eigenvalue weighted by atomic mass is 10.2. The molecule has 5 rings (SSSR count). The van der Waals surface area contributed by atoms with Crippen molar-refractivity contribution in [3.8, 4) is 11.5 Å². The van der Waals surface area contributed by atoms with Crippen LogP contribution in [0.5, 0.6) is 11.5 Å². The first-order chi connectivity index (χ1) is 16.7. The van der Waals surface area contributed by atoms with E-state index in [1.54, 1.807) is 0 Å². The number of ether oxygens (including phenoxy) is 1. The van der Waals surface area contributed by atoms with E-state index in [0.717, 1.165) is 29.7 Å². The van der Waals surface area contributed by atoms with Crippen molar-refractivity contribution in [1.82, 2.24) is 15.1 Å². The van der Waals surface area contributed by atoms with Gasteiger partial charge in [0.1, 0.15) is 11.5 Å². The van der Waals surface area contributed by atoms with Crippen LogP contribution in [0.1, 0.15) is 25.7 Å². The average Bonchev–Trinajstić information content (AvgIpc) is 3.50. The number of hydrogen-bond donors (Lipinski definition) is 3. The maximum atomic E-state index is 12.5. The largest absolute Gasteiger partial charge is 0.457 e. The van der Waals surface area contributed by atoms with Gasteiger partial charge in [-0.15, -0.1) is 0 Å². The molecule has 1 fully saturated rings. The van der Waals surface area contributed by atoms with Gasteiger partial charge in [0, 0.05) is 35.5 Å². The number of benzene rings is 3. The highest BCUT2D eigenvalue weighted by molar-refractivity contribution is 6.00. The topological polar surface area (TPSA) is 80.2 Å². The van der Waals surface area contributed by atoms with E-state index < -0.39 is 0 Å². The van der Waals surface area contributed by atoms with Gasteiger partial charge in [0.2, 0.25) is 0 Å². The SMILES string of the molecule is O=C(Nc1ccc(Oc2ccccc2)cc1)Nc1ccc2cn(CCNC3CCCC3)nc2c1. The fourth-order valence-electron chi connectivity index (χ4n) is 4.30. The number of carbonyl (C=O) groups is 1. The molecule has 4 aromatic rings. The number of nitrogens with one attached hydrogen (secondary N) is 3. The number of fused-ring (bicyclic) bond motifs is 1. The quantitative estimate of drug-likeness (QED) is 0.304. The van der Waals surface area contributed by atoms with Gasteiger partial charge < -0.3 is 20.7 Å². The molecule has 1 saturated carbocycles. The summed E-state index contributed by atoms with van der Waals surface area (Å²) in [5.74, 6) is 1.47. The van der Waals surface area contributed by atoms with Crippen LogP contribution in [0.4, 0.5) is 16.2 Å². The summed E-state index contributed by atoms with van der Waals surface area (Å²) in [6, 6.07) is 23.0. The normalized spacial score (nSPS) is 13.8. The summed E-state index contributed by atoms with van der Waals surface area (Å²) in [6.07, 6.45) is 7.28. The summed E-state index contributed by atoms with van der Waals surface area (Å²) in [5.41, 5.74) is 2.24. The van der Waals surface area contributed by atoms with E-state index in [4.69, 9.17) is 4.74 Å². The molecule has 1 aromatic heterocycles. The van der Waals surface area contributed by atoms with E-state index in [9.17, 15) is 4.79 Å². The molecule has 7 nitrogen and oxygen atoms in total. The molecule has 0 radical (unpaired) electrons. The second-order valence-corrected chi connectivity index (χ2v) is 8.62. The fourth-order valence-corrected chi connectivity index (χ4v) is 4.30. The Hall–Kier alpha value is -3.84. The number of nitrogens with zero attached hydrogens (tertiary/aromatic N) is 2.